The Morgan fingerprint density at radius 3 is 2.63 bits per heavy atom. The van der Waals surface area contributed by atoms with E-state index in [0.717, 1.165) is 19.3 Å². The molecule has 0 aromatic heterocycles. The van der Waals surface area contributed by atoms with Crippen molar-refractivity contribution in [3.8, 4) is 0 Å². The number of amides is 2. The van der Waals surface area contributed by atoms with Crippen molar-refractivity contribution in [2.75, 3.05) is 5.32 Å². The average molecular weight is 431 g/mol. The lowest BCUT2D eigenvalue weighted by molar-refractivity contribution is 0.251. The molecule has 98 valence electrons. The van der Waals surface area contributed by atoms with Gasteiger partial charge in [0, 0.05) is 14.6 Å². The van der Waals surface area contributed by atoms with E-state index in [0.29, 0.717) is 6.54 Å². The van der Waals surface area contributed by atoms with Crippen LogP contribution in [0.15, 0.2) is 53.0 Å². The quantitative estimate of drug-likeness (QED) is 0.697. The van der Waals surface area contributed by atoms with Crippen LogP contribution in [-0.4, -0.2) is 6.03 Å². The minimum Gasteiger partial charge on any atom is -0.334 e. The van der Waals surface area contributed by atoms with Gasteiger partial charge >= 0.3 is 6.03 Å². The first-order chi connectivity index (χ1) is 9.15. The number of carbonyl (C=O) groups excluding carboxylic acids is 1. The minimum atomic E-state index is -0.208. The molecular formula is C14H12BrIN2O. The molecular weight excluding hydrogens is 419 g/mol. The Labute approximate surface area is 134 Å². The first-order valence-corrected chi connectivity index (χ1v) is 7.56. The topological polar surface area (TPSA) is 41.1 Å². The Balaban J connectivity index is 1.93. The molecule has 19 heavy (non-hydrogen) atoms. The highest BCUT2D eigenvalue weighted by atomic mass is 127. The summed E-state index contributed by atoms with van der Waals surface area (Å²) in [6, 6.07) is 15.4. The van der Waals surface area contributed by atoms with Crippen LogP contribution in [0, 0.1) is 3.57 Å². The lowest BCUT2D eigenvalue weighted by Gasteiger charge is -2.09. The van der Waals surface area contributed by atoms with Crippen LogP contribution in [0.5, 0.6) is 0 Å². The molecule has 0 spiro atoms. The van der Waals surface area contributed by atoms with Crippen LogP contribution in [0.1, 0.15) is 5.56 Å². The van der Waals surface area contributed by atoms with Crippen LogP contribution in [0.2, 0.25) is 0 Å². The van der Waals surface area contributed by atoms with Gasteiger partial charge in [0.2, 0.25) is 0 Å². The Hall–Kier alpha value is -1.08. The number of rotatable bonds is 3. The van der Waals surface area contributed by atoms with Crippen molar-refractivity contribution >= 4 is 50.2 Å². The molecule has 2 amide bonds. The van der Waals surface area contributed by atoms with E-state index in [2.05, 4.69) is 49.2 Å². The zero-order valence-corrected chi connectivity index (χ0v) is 13.7. The SMILES string of the molecule is O=C(NCc1ccccc1)Nc1cc(Br)ccc1I. The molecule has 0 atom stereocenters. The molecule has 0 heterocycles. The van der Waals surface area contributed by atoms with Crippen LogP contribution in [-0.2, 0) is 6.54 Å². The van der Waals surface area contributed by atoms with E-state index in [4.69, 9.17) is 0 Å². The Morgan fingerprint density at radius 2 is 1.89 bits per heavy atom. The normalized spacial score (nSPS) is 10.0. The smallest absolute Gasteiger partial charge is 0.319 e. The van der Waals surface area contributed by atoms with E-state index in [9.17, 15) is 4.79 Å². The lowest BCUT2D eigenvalue weighted by Crippen LogP contribution is -2.28. The Morgan fingerprint density at radius 1 is 1.16 bits per heavy atom. The van der Waals surface area contributed by atoms with Crippen molar-refractivity contribution in [3.05, 3.63) is 62.1 Å². The predicted octanol–water partition coefficient (Wildman–Crippen LogP) is 4.38. The highest BCUT2D eigenvalue weighted by Gasteiger charge is 2.05. The van der Waals surface area contributed by atoms with Gasteiger partial charge in [-0.1, -0.05) is 46.3 Å². The van der Waals surface area contributed by atoms with Gasteiger partial charge in [0.1, 0.15) is 0 Å². The standard InChI is InChI=1S/C14H12BrIN2O/c15-11-6-7-12(16)13(8-11)18-14(19)17-9-10-4-2-1-3-5-10/h1-8H,9H2,(H2,17,18,19). The summed E-state index contributed by atoms with van der Waals surface area (Å²) in [7, 11) is 0. The maximum atomic E-state index is 11.8. The highest BCUT2D eigenvalue weighted by Crippen LogP contribution is 2.22. The summed E-state index contributed by atoms with van der Waals surface area (Å²) in [5.74, 6) is 0. The monoisotopic (exact) mass is 430 g/mol. The van der Waals surface area contributed by atoms with Crippen molar-refractivity contribution < 1.29 is 4.79 Å². The number of anilines is 1. The van der Waals surface area contributed by atoms with Crippen molar-refractivity contribution in [2.24, 2.45) is 0 Å². The van der Waals surface area contributed by atoms with E-state index < -0.39 is 0 Å². The molecule has 0 fully saturated rings. The van der Waals surface area contributed by atoms with Gasteiger partial charge in [-0.2, -0.15) is 0 Å². The van der Waals surface area contributed by atoms with Gasteiger partial charge in [-0.3, -0.25) is 0 Å². The third-order valence-corrected chi connectivity index (χ3v) is 3.91. The molecule has 0 bridgehead atoms. The second kappa shape index (κ2) is 6.91. The van der Waals surface area contributed by atoms with Crippen molar-refractivity contribution in [1.82, 2.24) is 5.32 Å². The molecule has 2 aromatic rings. The molecule has 0 aliphatic rings. The third-order valence-electron chi connectivity index (χ3n) is 2.47. The third kappa shape index (κ3) is 4.50. The van der Waals surface area contributed by atoms with Gasteiger partial charge in [-0.15, -0.1) is 0 Å². The van der Waals surface area contributed by atoms with Crippen LogP contribution < -0.4 is 10.6 Å². The van der Waals surface area contributed by atoms with E-state index in [1.807, 2.05) is 48.5 Å². The summed E-state index contributed by atoms with van der Waals surface area (Å²) in [4.78, 5) is 11.8. The van der Waals surface area contributed by atoms with Gasteiger partial charge < -0.3 is 10.6 Å². The Kier molecular flexibility index (Phi) is 5.21. The second-order valence-electron chi connectivity index (χ2n) is 3.92. The number of nitrogens with one attached hydrogen (secondary N) is 2. The number of hydrogen-bond donors (Lipinski definition) is 2. The van der Waals surface area contributed by atoms with Crippen molar-refractivity contribution in [1.29, 1.82) is 0 Å². The van der Waals surface area contributed by atoms with Gasteiger partial charge in [-0.05, 0) is 46.4 Å². The number of hydrogen-bond acceptors (Lipinski definition) is 1. The van der Waals surface area contributed by atoms with E-state index in [1.54, 1.807) is 0 Å². The number of benzene rings is 2. The molecule has 0 unspecified atom stereocenters. The Bertz CT molecular complexity index is 575. The molecule has 0 aliphatic carbocycles. The highest BCUT2D eigenvalue weighted by molar-refractivity contribution is 14.1. The summed E-state index contributed by atoms with van der Waals surface area (Å²) in [5.41, 5.74) is 1.86. The maximum absolute atomic E-state index is 11.8. The summed E-state index contributed by atoms with van der Waals surface area (Å²) in [6.45, 7) is 0.511. The molecule has 3 nitrogen and oxygen atoms in total. The molecule has 2 N–H and O–H groups in total. The maximum Gasteiger partial charge on any atom is 0.319 e. The van der Waals surface area contributed by atoms with Crippen LogP contribution in [0.25, 0.3) is 0 Å². The summed E-state index contributed by atoms with van der Waals surface area (Å²) in [5, 5.41) is 5.66. The summed E-state index contributed by atoms with van der Waals surface area (Å²) in [6.07, 6.45) is 0. The zero-order chi connectivity index (χ0) is 13.7. The molecule has 0 aliphatic heterocycles. The molecule has 0 radical (unpaired) electrons. The van der Waals surface area contributed by atoms with Crippen LogP contribution in [0.4, 0.5) is 10.5 Å². The van der Waals surface area contributed by atoms with E-state index in [1.165, 1.54) is 0 Å². The fraction of sp³-hybridized carbons (Fsp3) is 0.0714. The largest absolute Gasteiger partial charge is 0.334 e. The van der Waals surface area contributed by atoms with Crippen molar-refractivity contribution in [3.63, 3.8) is 0 Å². The van der Waals surface area contributed by atoms with Crippen molar-refractivity contribution in [2.45, 2.75) is 6.54 Å². The van der Waals surface area contributed by atoms with Gasteiger partial charge in [0.25, 0.3) is 0 Å². The second-order valence-corrected chi connectivity index (χ2v) is 6.00. The molecule has 0 saturated carbocycles. The molecule has 5 heteroatoms. The zero-order valence-electron chi connectivity index (χ0n) is 9.99. The molecule has 0 saturated heterocycles. The van der Waals surface area contributed by atoms with Crippen LogP contribution in [0.3, 0.4) is 0 Å². The van der Waals surface area contributed by atoms with Gasteiger partial charge in [-0.25, -0.2) is 4.79 Å². The number of urea groups is 1. The lowest BCUT2D eigenvalue weighted by atomic mass is 10.2. The first-order valence-electron chi connectivity index (χ1n) is 5.69. The molecule has 2 aromatic carbocycles. The summed E-state index contributed by atoms with van der Waals surface area (Å²) < 4.78 is 1.93. The average Bonchev–Trinajstić information content (AvgIpc) is 2.42. The number of carbonyl (C=O) groups is 1. The first kappa shape index (κ1) is 14.3. The minimum absolute atomic E-state index is 0.208. The number of halogens is 2. The fourth-order valence-corrected chi connectivity index (χ4v) is 2.37. The summed E-state index contributed by atoms with van der Waals surface area (Å²) >= 11 is 5.57. The fourth-order valence-electron chi connectivity index (χ4n) is 1.54. The van der Waals surface area contributed by atoms with Gasteiger partial charge in [0.15, 0.2) is 0 Å². The van der Waals surface area contributed by atoms with E-state index >= 15 is 0 Å². The van der Waals surface area contributed by atoms with E-state index in [-0.39, 0.29) is 6.03 Å². The van der Waals surface area contributed by atoms with Gasteiger partial charge in [0.05, 0.1) is 5.69 Å². The molecule has 2 rings (SSSR count). The van der Waals surface area contributed by atoms with Crippen LogP contribution >= 0.6 is 38.5 Å². The predicted molar refractivity (Wildman–Crippen MR) is 89.2 cm³/mol.